The monoisotopic (exact) mass is 345 g/mol. The lowest BCUT2D eigenvalue weighted by molar-refractivity contribution is -0.139. The molecule has 0 bridgehead atoms. The Morgan fingerprint density at radius 1 is 1.36 bits per heavy atom. The first-order valence-corrected chi connectivity index (χ1v) is 8.43. The fraction of sp³-hybridized carbons (Fsp3) is 0.471. The second-order valence-electron chi connectivity index (χ2n) is 6.44. The average molecular weight is 345 g/mol. The first-order chi connectivity index (χ1) is 11.9. The number of hydrogen-bond donors (Lipinski definition) is 3. The molecule has 0 aromatic carbocycles. The number of carboxylic acids is 1. The van der Waals surface area contributed by atoms with E-state index in [1.807, 2.05) is 47.7 Å². The van der Waals surface area contributed by atoms with Crippen molar-refractivity contribution in [2.75, 3.05) is 18.4 Å². The smallest absolute Gasteiger partial charge is 0.319 e. The zero-order valence-corrected chi connectivity index (χ0v) is 14.4. The Balaban J connectivity index is 1.49. The number of carbonyl (C=O) groups excluding carboxylic acids is 1. The second-order valence-corrected chi connectivity index (χ2v) is 6.44. The summed E-state index contributed by atoms with van der Waals surface area (Å²) in [4.78, 5) is 29.2. The van der Waals surface area contributed by atoms with Crippen LogP contribution in [0.5, 0.6) is 0 Å². The Hall–Kier alpha value is -2.61. The third-order valence-corrected chi connectivity index (χ3v) is 4.54. The van der Waals surface area contributed by atoms with E-state index in [4.69, 9.17) is 5.11 Å². The number of urea groups is 1. The molecule has 134 valence electrons. The second kappa shape index (κ2) is 7.10. The molecule has 1 aliphatic rings. The van der Waals surface area contributed by atoms with Crippen molar-refractivity contribution in [2.45, 2.75) is 38.8 Å². The number of aromatic nitrogens is 2. The van der Waals surface area contributed by atoms with Crippen molar-refractivity contribution in [3.8, 4) is 0 Å². The van der Waals surface area contributed by atoms with Gasteiger partial charge in [0.2, 0.25) is 0 Å². The topological polar surface area (TPSA) is 99.0 Å². The van der Waals surface area contributed by atoms with Crippen molar-refractivity contribution in [3.63, 3.8) is 0 Å². The van der Waals surface area contributed by atoms with Crippen LogP contribution < -0.4 is 10.6 Å². The molecule has 8 nitrogen and oxygen atoms in total. The number of likely N-dealkylation sites (N-methyl/N-ethyl adjacent to an activating group) is 1. The van der Waals surface area contributed by atoms with Crippen LogP contribution in [0.4, 0.5) is 10.5 Å². The van der Waals surface area contributed by atoms with Gasteiger partial charge in [0.05, 0.1) is 17.9 Å². The molecule has 0 aliphatic heterocycles. The number of hydrogen-bond acceptors (Lipinski definition) is 4. The van der Waals surface area contributed by atoms with Gasteiger partial charge in [-0.3, -0.25) is 9.69 Å². The number of rotatable bonds is 6. The van der Waals surface area contributed by atoms with Gasteiger partial charge in [-0.1, -0.05) is 6.92 Å². The predicted octanol–water partition coefficient (Wildman–Crippen LogP) is 1.70. The molecule has 25 heavy (non-hydrogen) atoms. The lowest BCUT2D eigenvalue weighted by Crippen LogP contribution is -2.55. The lowest BCUT2D eigenvalue weighted by Gasteiger charge is -2.42. The summed E-state index contributed by atoms with van der Waals surface area (Å²) >= 11 is 0. The minimum Gasteiger partial charge on any atom is -0.480 e. The maximum Gasteiger partial charge on any atom is 0.319 e. The van der Waals surface area contributed by atoms with Crippen LogP contribution in [0.15, 0.2) is 24.5 Å². The minimum atomic E-state index is -0.818. The summed E-state index contributed by atoms with van der Waals surface area (Å²) in [7, 11) is 0. The van der Waals surface area contributed by atoms with Crippen LogP contribution in [-0.4, -0.2) is 56.6 Å². The molecule has 3 rings (SSSR count). The van der Waals surface area contributed by atoms with Crippen LogP contribution in [0.3, 0.4) is 0 Å². The summed E-state index contributed by atoms with van der Waals surface area (Å²) in [6.07, 6.45) is 5.27. The zero-order valence-electron chi connectivity index (χ0n) is 14.4. The fourth-order valence-corrected chi connectivity index (χ4v) is 3.22. The van der Waals surface area contributed by atoms with Crippen LogP contribution >= 0.6 is 0 Å². The predicted molar refractivity (Wildman–Crippen MR) is 93.8 cm³/mol. The molecule has 0 spiro atoms. The van der Waals surface area contributed by atoms with E-state index in [0.717, 1.165) is 24.2 Å². The van der Waals surface area contributed by atoms with Gasteiger partial charge in [0.25, 0.3) is 0 Å². The Bertz CT molecular complexity index is 782. The first kappa shape index (κ1) is 17.2. The van der Waals surface area contributed by atoms with Crippen molar-refractivity contribution in [2.24, 2.45) is 0 Å². The van der Waals surface area contributed by atoms with E-state index in [1.165, 1.54) is 0 Å². The van der Waals surface area contributed by atoms with E-state index in [1.54, 1.807) is 0 Å². The molecule has 3 N–H and O–H groups in total. The number of aliphatic carboxylic acids is 1. The third kappa shape index (κ3) is 4.08. The number of nitrogens with zero attached hydrogens (tertiary/aromatic N) is 3. The number of anilines is 1. The van der Waals surface area contributed by atoms with Gasteiger partial charge in [-0.15, -0.1) is 0 Å². The third-order valence-electron chi connectivity index (χ3n) is 4.54. The van der Waals surface area contributed by atoms with Crippen LogP contribution in [0.2, 0.25) is 0 Å². The number of carbonyl (C=O) groups is 2. The highest BCUT2D eigenvalue weighted by Crippen LogP contribution is 2.25. The molecule has 0 unspecified atom stereocenters. The number of fused-ring (bicyclic) bond motifs is 1. The van der Waals surface area contributed by atoms with E-state index < -0.39 is 5.97 Å². The molecule has 0 radical (unpaired) electrons. The highest BCUT2D eigenvalue weighted by atomic mass is 16.4. The van der Waals surface area contributed by atoms with Crippen molar-refractivity contribution < 1.29 is 14.7 Å². The van der Waals surface area contributed by atoms with Crippen LogP contribution in [0.25, 0.3) is 5.65 Å². The highest BCUT2D eigenvalue weighted by Gasteiger charge is 2.34. The summed E-state index contributed by atoms with van der Waals surface area (Å²) in [5, 5.41) is 14.7. The van der Waals surface area contributed by atoms with E-state index in [9.17, 15) is 9.59 Å². The lowest BCUT2D eigenvalue weighted by atomic mass is 9.85. The van der Waals surface area contributed by atoms with Gasteiger partial charge < -0.3 is 20.1 Å². The molecule has 1 saturated carbocycles. The highest BCUT2D eigenvalue weighted by molar-refractivity contribution is 5.89. The number of amides is 2. The summed E-state index contributed by atoms with van der Waals surface area (Å²) in [6, 6.07) is 3.72. The molecule has 8 heteroatoms. The van der Waals surface area contributed by atoms with Gasteiger partial charge in [-0.05, 0) is 38.4 Å². The van der Waals surface area contributed by atoms with E-state index in [2.05, 4.69) is 15.6 Å². The quantitative estimate of drug-likeness (QED) is 0.740. The summed E-state index contributed by atoms with van der Waals surface area (Å²) in [6.45, 7) is 4.61. The van der Waals surface area contributed by atoms with Crippen molar-refractivity contribution >= 4 is 23.3 Å². The van der Waals surface area contributed by atoms with Crippen molar-refractivity contribution in [1.82, 2.24) is 19.6 Å². The Labute approximate surface area is 145 Å². The fourth-order valence-electron chi connectivity index (χ4n) is 3.22. The molecular formula is C17H23N5O3. The summed E-state index contributed by atoms with van der Waals surface area (Å²) < 4.78 is 1.87. The van der Waals surface area contributed by atoms with E-state index in [-0.39, 0.29) is 24.7 Å². The van der Waals surface area contributed by atoms with Crippen LogP contribution in [0.1, 0.15) is 25.5 Å². The largest absolute Gasteiger partial charge is 0.480 e. The van der Waals surface area contributed by atoms with Crippen molar-refractivity contribution in [3.05, 3.63) is 30.2 Å². The van der Waals surface area contributed by atoms with Gasteiger partial charge in [0.1, 0.15) is 5.65 Å². The summed E-state index contributed by atoms with van der Waals surface area (Å²) in [5.41, 5.74) is 2.45. The molecule has 2 heterocycles. The molecular weight excluding hydrogens is 322 g/mol. The number of aryl methyl sites for hydroxylation is 1. The van der Waals surface area contributed by atoms with Gasteiger partial charge in [0, 0.05) is 24.5 Å². The number of imidazole rings is 1. The molecule has 2 amide bonds. The standard InChI is InChI=1S/C17H23N5O3/c1-3-21(10-16(23)24)14-6-13(7-14)20-17(25)19-12-4-5-15-18-11(2)8-22(15)9-12/h4-5,8-9,13-14H,3,6-7,10H2,1-2H3,(H,23,24)(H2,19,20,25). The van der Waals surface area contributed by atoms with Crippen molar-refractivity contribution in [1.29, 1.82) is 0 Å². The molecule has 2 aromatic heterocycles. The minimum absolute atomic E-state index is 0.0461. The maximum atomic E-state index is 12.1. The van der Waals surface area contributed by atoms with Crippen LogP contribution in [0, 0.1) is 6.92 Å². The maximum absolute atomic E-state index is 12.1. The first-order valence-electron chi connectivity index (χ1n) is 8.43. The van der Waals surface area contributed by atoms with Crippen LogP contribution in [-0.2, 0) is 4.79 Å². The number of pyridine rings is 1. The number of carboxylic acid groups (broad SMARTS) is 1. The molecule has 2 aromatic rings. The molecule has 0 saturated heterocycles. The Kier molecular flexibility index (Phi) is 4.89. The average Bonchev–Trinajstić information content (AvgIpc) is 2.87. The Morgan fingerprint density at radius 3 is 2.80 bits per heavy atom. The number of nitrogens with one attached hydrogen (secondary N) is 2. The summed E-state index contributed by atoms with van der Waals surface area (Å²) in [5.74, 6) is -0.818. The SMILES string of the molecule is CCN(CC(=O)O)C1CC(NC(=O)Nc2ccc3nc(C)cn3c2)C1. The molecule has 1 aliphatic carbocycles. The van der Waals surface area contributed by atoms with Gasteiger partial charge >= 0.3 is 12.0 Å². The zero-order chi connectivity index (χ0) is 18.0. The van der Waals surface area contributed by atoms with Gasteiger partial charge in [-0.25, -0.2) is 9.78 Å². The van der Waals surface area contributed by atoms with E-state index in [0.29, 0.717) is 12.2 Å². The molecule has 0 atom stereocenters. The van der Waals surface area contributed by atoms with Gasteiger partial charge in [-0.2, -0.15) is 0 Å². The van der Waals surface area contributed by atoms with Gasteiger partial charge in [0.15, 0.2) is 0 Å². The van der Waals surface area contributed by atoms with E-state index >= 15 is 0 Å². The Morgan fingerprint density at radius 2 is 2.12 bits per heavy atom. The molecule has 1 fully saturated rings. The normalized spacial score (nSPS) is 19.6.